The van der Waals surface area contributed by atoms with Crippen molar-refractivity contribution in [1.29, 1.82) is 0 Å². The Hall–Kier alpha value is -1.75. The van der Waals surface area contributed by atoms with Crippen molar-refractivity contribution in [3.8, 4) is 5.75 Å². The van der Waals surface area contributed by atoms with E-state index in [1.807, 2.05) is 0 Å². The van der Waals surface area contributed by atoms with Crippen molar-refractivity contribution < 1.29 is 19.4 Å². The summed E-state index contributed by atoms with van der Waals surface area (Å²) in [5, 5.41) is 9.53. The number of ether oxygens (including phenoxy) is 1. The van der Waals surface area contributed by atoms with Crippen LogP contribution in [0.4, 0.5) is 0 Å². The first-order chi connectivity index (χ1) is 10.0. The second kappa shape index (κ2) is 6.80. The number of phenolic OH excluding ortho intramolecular Hbond substituents is 1. The van der Waals surface area contributed by atoms with Crippen LogP contribution >= 0.6 is 11.6 Å². The lowest BCUT2D eigenvalue weighted by Gasteiger charge is -2.31. The summed E-state index contributed by atoms with van der Waals surface area (Å²) >= 11 is 5.82. The Morgan fingerprint density at radius 1 is 1.48 bits per heavy atom. The van der Waals surface area contributed by atoms with Crippen LogP contribution in [0.3, 0.4) is 0 Å². The molecule has 1 heterocycles. The lowest BCUT2D eigenvalue weighted by Crippen LogP contribution is -2.42. The zero-order valence-corrected chi connectivity index (χ0v) is 12.6. The predicted octanol–water partition coefficient (Wildman–Crippen LogP) is 2.46. The van der Waals surface area contributed by atoms with Gasteiger partial charge in [0.1, 0.15) is 5.75 Å². The van der Waals surface area contributed by atoms with Crippen molar-refractivity contribution in [2.75, 3.05) is 19.7 Å². The molecule has 0 aromatic heterocycles. The molecule has 1 N–H and O–H groups in total. The molecule has 0 bridgehead atoms. The number of benzene rings is 1. The fourth-order valence-electron chi connectivity index (χ4n) is 2.44. The summed E-state index contributed by atoms with van der Waals surface area (Å²) in [5.74, 6) is -0.767. The summed E-state index contributed by atoms with van der Waals surface area (Å²) in [6, 6.07) is 4.35. The van der Waals surface area contributed by atoms with E-state index in [4.69, 9.17) is 16.3 Å². The molecule has 1 saturated heterocycles. The van der Waals surface area contributed by atoms with Gasteiger partial charge in [0, 0.05) is 18.7 Å². The third kappa shape index (κ3) is 3.67. The fourth-order valence-corrected chi connectivity index (χ4v) is 2.62. The third-order valence-corrected chi connectivity index (χ3v) is 3.83. The summed E-state index contributed by atoms with van der Waals surface area (Å²) in [5.41, 5.74) is 0.405. The minimum absolute atomic E-state index is 0.0590. The van der Waals surface area contributed by atoms with E-state index in [1.54, 1.807) is 11.8 Å². The van der Waals surface area contributed by atoms with Gasteiger partial charge in [0.15, 0.2) is 0 Å². The Kier molecular flexibility index (Phi) is 5.07. The number of phenols is 1. The highest BCUT2D eigenvalue weighted by atomic mass is 35.5. The largest absolute Gasteiger partial charge is 0.506 e. The first kappa shape index (κ1) is 15.6. The predicted molar refractivity (Wildman–Crippen MR) is 78.4 cm³/mol. The minimum Gasteiger partial charge on any atom is -0.506 e. The molecule has 1 aliphatic rings. The number of hydrogen-bond acceptors (Lipinski definition) is 4. The smallest absolute Gasteiger partial charge is 0.310 e. The lowest BCUT2D eigenvalue weighted by molar-refractivity contribution is -0.149. The number of hydrogen-bond donors (Lipinski definition) is 1. The van der Waals surface area contributed by atoms with Crippen LogP contribution in [0.25, 0.3) is 0 Å². The van der Waals surface area contributed by atoms with Gasteiger partial charge in [-0.1, -0.05) is 11.6 Å². The molecule has 5 nitrogen and oxygen atoms in total. The lowest BCUT2D eigenvalue weighted by atomic mass is 9.97. The van der Waals surface area contributed by atoms with E-state index in [9.17, 15) is 14.7 Å². The van der Waals surface area contributed by atoms with E-state index in [-0.39, 0.29) is 28.6 Å². The van der Waals surface area contributed by atoms with Gasteiger partial charge in [-0.2, -0.15) is 0 Å². The fraction of sp³-hybridized carbons (Fsp3) is 0.467. The molecular weight excluding hydrogens is 294 g/mol. The number of amides is 1. The molecule has 1 fully saturated rings. The van der Waals surface area contributed by atoms with Gasteiger partial charge in [0.25, 0.3) is 5.91 Å². The van der Waals surface area contributed by atoms with E-state index >= 15 is 0 Å². The van der Waals surface area contributed by atoms with Crippen molar-refractivity contribution in [2.45, 2.75) is 19.8 Å². The van der Waals surface area contributed by atoms with Crippen LogP contribution in [0.15, 0.2) is 18.2 Å². The van der Waals surface area contributed by atoms with Gasteiger partial charge in [-0.05, 0) is 38.0 Å². The van der Waals surface area contributed by atoms with Crippen molar-refractivity contribution in [3.05, 3.63) is 28.8 Å². The number of carbonyl (C=O) groups is 2. The Morgan fingerprint density at radius 3 is 2.90 bits per heavy atom. The molecule has 1 aromatic carbocycles. The molecule has 1 aliphatic heterocycles. The van der Waals surface area contributed by atoms with Crippen molar-refractivity contribution in [2.24, 2.45) is 5.92 Å². The van der Waals surface area contributed by atoms with Crippen LogP contribution < -0.4 is 0 Å². The van der Waals surface area contributed by atoms with E-state index in [1.165, 1.54) is 18.2 Å². The minimum atomic E-state index is -0.268. The molecule has 1 aromatic rings. The van der Waals surface area contributed by atoms with Crippen LogP contribution in [0.1, 0.15) is 30.1 Å². The number of aromatic hydroxyl groups is 1. The molecule has 6 heteroatoms. The van der Waals surface area contributed by atoms with Gasteiger partial charge >= 0.3 is 5.97 Å². The molecule has 21 heavy (non-hydrogen) atoms. The quantitative estimate of drug-likeness (QED) is 0.871. The number of nitrogens with zero attached hydrogens (tertiary/aromatic N) is 1. The van der Waals surface area contributed by atoms with E-state index in [2.05, 4.69) is 0 Å². The summed E-state index contributed by atoms with van der Waals surface area (Å²) in [6.45, 7) is 3.07. The van der Waals surface area contributed by atoms with Crippen molar-refractivity contribution >= 4 is 23.5 Å². The van der Waals surface area contributed by atoms with Gasteiger partial charge < -0.3 is 14.7 Å². The standard InChI is InChI=1S/C15H18ClNO4/c1-2-21-15(20)11-4-3-7-17(9-11)14(19)10-5-6-13(18)12(16)8-10/h5-6,8,11,18H,2-4,7,9H2,1H3/t11-/m1/s1. The number of likely N-dealkylation sites (tertiary alicyclic amines) is 1. The topological polar surface area (TPSA) is 66.8 Å². The average Bonchev–Trinajstić information content (AvgIpc) is 2.49. The summed E-state index contributed by atoms with van der Waals surface area (Å²) in [4.78, 5) is 25.8. The second-order valence-corrected chi connectivity index (χ2v) is 5.42. The van der Waals surface area contributed by atoms with Crippen LogP contribution in [0.2, 0.25) is 5.02 Å². The van der Waals surface area contributed by atoms with Gasteiger partial charge in [-0.15, -0.1) is 0 Å². The number of carbonyl (C=O) groups excluding carboxylic acids is 2. The summed E-state index contributed by atoms with van der Waals surface area (Å²) in [6.07, 6.45) is 1.50. The molecule has 0 spiro atoms. The van der Waals surface area contributed by atoms with E-state index in [0.29, 0.717) is 25.3 Å². The maximum absolute atomic E-state index is 12.4. The van der Waals surface area contributed by atoms with Crippen LogP contribution in [0.5, 0.6) is 5.75 Å². The molecule has 1 atom stereocenters. The number of piperidine rings is 1. The SMILES string of the molecule is CCOC(=O)[C@@H]1CCCN(C(=O)c2ccc(O)c(Cl)c2)C1. The first-order valence-corrected chi connectivity index (χ1v) is 7.35. The van der Waals surface area contributed by atoms with Crippen LogP contribution in [-0.4, -0.2) is 41.6 Å². The molecule has 0 radical (unpaired) electrons. The molecule has 0 unspecified atom stereocenters. The second-order valence-electron chi connectivity index (χ2n) is 5.01. The molecule has 2 rings (SSSR count). The Bertz CT molecular complexity index is 546. The van der Waals surface area contributed by atoms with Crippen LogP contribution in [0, 0.1) is 5.92 Å². The maximum Gasteiger partial charge on any atom is 0.310 e. The normalized spacial score (nSPS) is 18.4. The highest BCUT2D eigenvalue weighted by Crippen LogP contribution is 2.26. The molecule has 114 valence electrons. The maximum atomic E-state index is 12.4. The van der Waals surface area contributed by atoms with E-state index < -0.39 is 0 Å². The van der Waals surface area contributed by atoms with Crippen molar-refractivity contribution in [1.82, 2.24) is 4.90 Å². The van der Waals surface area contributed by atoms with Gasteiger partial charge in [-0.3, -0.25) is 9.59 Å². The van der Waals surface area contributed by atoms with E-state index in [0.717, 1.165) is 12.8 Å². The molecule has 0 aliphatic carbocycles. The third-order valence-electron chi connectivity index (χ3n) is 3.52. The molecule has 0 saturated carbocycles. The summed E-state index contributed by atoms with van der Waals surface area (Å²) < 4.78 is 5.02. The zero-order valence-electron chi connectivity index (χ0n) is 11.8. The highest BCUT2D eigenvalue weighted by molar-refractivity contribution is 6.32. The van der Waals surface area contributed by atoms with Crippen LogP contribution in [-0.2, 0) is 9.53 Å². The number of rotatable bonds is 3. The summed E-state index contributed by atoms with van der Waals surface area (Å²) in [7, 11) is 0. The monoisotopic (exact) mass is 311 g/mol. The van der Waals surface area contributed by atoms with Gasteiger partial charge in [0.05, 0.1) is 17.5 Å². The van der Waals surface area contributed by atoms with Gasteiger partial charge in [0.2, 0.25) is 0 Å². The van der Waals surface area contributed by atoms with Gasteiger partial charge in [-0.25, -0.2) is 0 Å². The highest BCUT2D eigenvalue weighted by Gasteiger charge is 2.29. The Balaban J connectivity index is 2.08. The van der Waals surface area contributed by atoms with Crippen molar-refractivity contribution in [3.63, 3.8) is 0 Å². The first-order valence-electron chi connectivity index (χ1n) is 6.97. The molecule has 1 amide bonds. The molecular formula is C15H18ClNO4. The Labute approximate surface area is 128 Å². The number of halogens is 1. The zero-order chi connectivity index (χ0) is 15.4. The average molecular weight is 312 g/mol. The number of esters is 1. The Morgan fingerprint density at radius 2 is 2.24 bits per heavy atom.